The van der Waals surface area contributed by atoms with Gasteiger partial charge in [-0.25, -0.2) is 9.79 Å². The van der Waals surface area contributed by atoms with Crippen molar-refractivity contribution in [3.63, 3.8) is 0 Å². The Morgan fingerprint density at radius 2 is 1.54 bits per heavy atom. The summed E-state index contributed by atoms with van der Waals surface area (Å²) < 4.78 is 5.20. The number of alkyl carbamates (subject to hydrolysis) is 1. The molecule has 0 aromatic carbocycles. The van der Waals surface area contributed by atoms with Gasteiger partial charge in [0, 0.05) is 0 Å². The Hall–Kier alpha value is -1.26. The van der Waals surface area contributed by atoms with E-state index in [0.29, 0.717) is 0 Å². The van der Waals surface area contributed by atoms with E-state index in [0.717, 1.165) is 25.7 Å². The quantitative estimate of drug-likeness (QED) is 0.310. The molecule has 0 saturated heterocycles. The SMILES string of the molecule is CCCCCCCCC(CCCC)N=C(N)NC(=O)OC(C)(C)C. The molecule has 0 aliphatic rings. The molecule has 0 spiro atoms. The molecule has 0 radical (unpaired) electrons. The molecule has 0 aromatic rings. The molecule has 142 valence electrons. The van der Waals surface area contributed by atoms with Gasteiger partial charge in [-0.2, -0.15) is 0 Å². The lowest BCUT2D eigenvalue weighted by atomic mass is 10.0. The third-order valence-electron chi connectivity index (χ3n) is 3.73. The summed E-state index contributed by atoms with van der Waals surface area (Å²) in [7, 11) is 0. The van der Waals surface area contributed by atoms with Gasteiger partial charge in [0.25, 0.3) is 0 Å². The van der Waals surface area contributed by atoms with Gasteiger partial charge in [-0.15, -0.1) is 0 Å². The fourth-order valence-electron chi connectivity index (χ4n) is 2.51. The van der Waals surface area contributed by atoms with E-state index in [1.807, 2.05) is 20.8 Å². The molecule has 0 aliphatic carbocycles. The lowest BCUT2D eigenvalue weighted by Crippen LogP contribution is -2.41. The van der Waals surface area contributed by atoms with E-state index in [2.05, 4.69) is 24.2 Å². The second-order valence-corrected chi connectivity index (χ2v) is 7.49. The van der Waals surface area contributed by atoms with Crippen molar-refractivity contribution in [3.05, 3.63) is 0 Å². The van der Waals surface area contributed by atoms with Crippen LogP contribution in [0.1, 0.15) is 98.8 Å². The summed E-state index contributed by atoms with van der Waals surface area (Å²) in [5, 5.41) is 2.53. The number of unbranched alkanes of at least 4 members (excludes halogenated alkanes) is 6. The number of nitrogens with two attached hydrogens (primary N) is 1. The maximum atomic E-state index is 11.7. The zero-order chi connectivity index (χ0) is 18.4. The Balaban J connectivity index is 4.33. The summed E-state index contributed by atoms with van der Waals surface area (Å²) in [4.78, 5) is 16.2. The van der Waals surface area contributed by atoms with Gasteiger partial charge in [0.15, 0.2) is 5.96 Å². The fraction of sp³-hybridized carbons (Fsp3) is 0.895. The summed E-state index contributed by atoms with van der Waals surface area (Å²) in [6, 6.07) is 0.186. The van der Waals surface area contributed by atoms with Gasteiger partial charge in [0.05, 0.1) is 6.04 Å². The van der Waals surface area contributed by atoms with Gasteiger partial charge in [-0.05, 0) is 33.6 Å². The van der Waals surface area contributed by atoms with Crippen LogP contribution in [0.2, 0.25) is 0 Å². The highest BCUT2D eigenvalue weighted by molar-refractivity contribution is 5.93. The summed E-state index contributed by atoms with van der Waals surface area (Å²) in [6.45, 7) is 9.87. The van der Waals surface area contributed by atoms with E-state index < -0.39 is 11.7 Å². The number of aliphatic imine (C=N–C) groups is 1. The number of carbonyl (C=O) groups is 1. The number of nitrogens with one attached hydrogen (secondary N) is 1. The van der Waals surface area contributed by atoms with Crippen LogP contribution < -0.4 is 11.1 Å². The Kier molecular flexibility index (Phi) is 12.4. The van der Waals surface area contributed by atoms with Crippen molar-refractivity contribution in [2.24, 2.45) is 10.7 Å². The number of hydrogen-bond donors (Lipinski definition) is 2. The molecule has 0 aliphatic heterocycles. The number of ether oxygens (including phenoxy) is 1. The van der Waals surface area contributed by atoms with Gasteiger partial charge >= 0.3 is 6.09 Å². The van der Waals surface area contributed by atoms with Crippen LogP contribution in [0, 0.1) is 0 Å². The Morgan fingerprint density at radius 1 is 1.00 bits per heavy atom. The summed E-state index contributed by atoms with van der Waals surface area (Å²) in [6.07, 6.45) is 11.4. The predicted molar refractivity (Wildman–Crippen MR) is 102 cm³/mol. The molecule has 1 amide bonds. The van der Waals surface area contributed by atoms with Crippen molar-refractivity contribution in [3.8, 4) is 0 Å². The maximum Gasteiger partial charge on any atom is 0.414 e. The Labute approximate surface area is 148 Å². The van der Waals surface area contributed by atoms with Crippen LogP contribution in [0.15, 0.2) is 4.99 Å². The van der Waals surface area contributed by atoms with Crippen molar-refractivity contribution in [1.29, 1.82) is 0 Å². The maximum absolute atomic E-state index is 11.7. The second-order valence-electron chi connectivity index (χ2n) is 7.49. The van der Waals surface area contributed by atoms with Crippen molar-refractivity contribution < 1.29 is 9.53 Å². The first-order chi connectivity index (χ1) is 11.3. The summed E-state index contributed by atoms with van der Waals surface area (Å²) in [5.41, 5.74) is 5.34. The molecular weight excluding hydrogens is 302 g/mol. The first-order valence-corrected chi connectivity index (χ1v) is 9.61. The molecule has 0 bridgehead atoms. The van der Waals surface area contributed by atoms with Gasteiger partial charge in [0.2, 0.25) is 0 Å². The monoisotopic (exact) mass is 341 g/mol. The third-order valence-corrected chi connectivity index (χ3v) is 3.73. The molecule has 1 unspecified atom stereocenters. The normalized spacial score (nSPS) is 13.6. The molecular formula is C19H39N3O2. The largest absolute Gasteiger partial charge is 0.444 e. The van der Waals surface area contributed by atoms with E-state index in [1.54, 1.807) is 0 Å². The molecule has 5 nitrogen and oxygen atoms in total. The second kappa shape index (κ2) is 13.1. The highest BCUT2D eigenvalue weighted by Crippen LogP contribution is 2.15. The molecule has 3 N–H and O–H groups in total. The van der Waals surface area contributed by atoms with Crippen LogP contribution >= 0.6 is 0 Å². The molecule has 24 heavy (non-hydrogen) atoms. The van der Waals surface area contributed by atoms with E-state index in [-0.39, 0.29) is 12.0 Å². The molecule has 0 fully saturated rings. The van der Waals surface area contributed by atoms with Gasteiger partial charge in [-0.1, -0.05) is 65.2 Å². The Bertz CT molecular complexity index is 362. The third kappa shape index (κ3) is 14.3. The van der Waals surface area contributed by atoms with E-state index in [1.165, 1.54) is 38.5 Å². The fourth-order valence-corrected chi connectivity index (χ4v) is 2.51. The Morgan fingerprint density at radius 3 is 2.12 bits per heavy atom. The number of guanidine groups is 1. The zero-order valence-corrected chi connectivity index (χ0v) is 16.5. The van der Waals surface area contributed by atoms with Crippen LogP contribution in [0.25, 0.3) is 0 Å². The minimum atomic E-state index is -0.544. The van der Waals surface area contributed by atoms with Gasteiger partial charge in [-0.3, -0.25) is 5.32 Å². The van der Waals surface area contributed by atoms with Crippen LogP contribution in [0.5, 0.6) is 0 Å². The number of carbonyl (C=O) groups excluding carboxylic acids is 1. The van der Waals surface area contributed by atoms with Gasteiger partial charge in [0.1, 0.15) is 5.60 Å². The zero-order valence-electron chi connectivity index (χ0n) is 16.5. The highest BCUT2D eigenvalue weighted by atomic mass is 16.6. The minimum absolute atomic E-state index is 0.163. The van der Waals surface area contributed by atoms with Crippen LogP contribution in [-0.4, -0.2) is 23.7 Å². The summed E-state index contributed by atoms with van der Waals surface area (Å²) in [5.74, 6) is 0.163. The van der Waals surface area contributed by atoms with Crippen molar-refractivity contribution in [2.45, 2.75) is 110 Å². The van der Waals surface area contributed by atoms with Crippen LogP contribution in [0.4, 0.5) is 4.79 Å². The van der Waals surface area contributed by atoms with E-state index in [9.17, 15) is 4.79 Å². The smallest absolute Gasteiger partial charge is 0.414 e. The molecule has 1 atom stereocenters. The lowest BCUT2D eigenvalue weighted by molar-refractivity contribution is 0.0562. The first kappa shape index (κ1) is 22.7. The predicted octanol–water partition coefficient (Wildman–Crippen LogP) is 5.14. The van der Waals surface area contributed by atoms with Gasteiger partial charge < -0.3 is 10.5 Å². The number of amides is 1. The lowest BCUT2D eigenvalue weighted by Gasteiger charge is -2.20. The highest BCUT2D eigenvalue weighted by Gasteiger charge is 2.17. The summed E-state index contributed by atoms with van der Waals surface area (Å²) >= 11 is 0. The van der Waals surface area contributed by atoms with E-state index in [4.69, 9.17) is 10.5 Å². The molecule has 0 saturated carbocycles. The standard InChI is InChI=1S/C19H39N3O2/c1-6-8-10-11-12-13-15-16(14-9-7-2)21-17(20)22-18(23)24-19(3,4)5/h16H,6-15H2,1-5H3,(H3,20,21,22,23). The molecule has 5 heteroatoms. The molecule has 0 rings (SSSR count). The number of nitrogens with zero attached hydrogens (tertiary/aromatic N) is 1. The van der Waals surface area contributed by atoms with E-state index >= 15 is 0 Å². The first-order valence-electron chi connectivity index (χ1n) is 9.61. The van der Waals surface area contributed by atoms with Crippen molar-refractivity contribution >= 4 is 12.1 Å². The average molecular weight is 342 g/mol. The van der Waals surface area contributed by atoms with Crippen molar-refractivity contribution in [2.75, 3.05) is 0 Å². The van der Waals surface area contributed by atoms with Crippen molar-refractivity contribution in [1.82, 2.24) is 5.32 Å². The number of hydrogen-bond acceptors (Lipinski definition) is 3. The molecule has 0 heterocycles. The number of rotatable bonds is 11. The average Bonchev–Trinajstić information content (AvgIpc) is 2.45. The minimum Gasteiger partial charge on any atom is -0.444 e. The van der Waals surface area contributed by atoms with Crippen LogP contribution in [-0.2, 0) is 4.74 Å². The molecule has 0 aromatic heterocycles. The topological polar surface area (TPSA) is 76.7 Å². The van der Waals surface area contributed by atoms with Crippen LogP contribution in [0.3, 0.4) is 0 Å².